The van der Waals surface area contributed by atoms with Gasteiger partial charge in [-0.25, -0.2) is 18.1 Å². The molecular formula is C11H19N3O2S2. The number of thioether (sulfide) groups is 1. The summed E-state index contributed by atoms with van der Waals surface area (Å²) in [5, 5.41) is 0. The van der Waals surface area contributed by atoms with E-state index >= 15 is 0 Å². The van der Waals surface area contributed by atoms with Crippen LogP contribution in [0, 0.1) is 0 Å². The van der Waals surface area contributed by atoms with Crippen LogP contribution in [0.2, 0.25) is 0 Å². The summed E-state index contributed by atoms with van der Waals surface area (Å²) < 4.78 is 26.3. The van der Waals surface area contributed by atoms with Gasteiger partial charge in [0.15, 0.2) is 0 Å². The van der Waals surface area contributed by atoms with Gasteiger partial charge in [0.1, 0.15) is 5.82 Å². The maximum atomic E-state index is 11.9. The Morgan fingerprint density at radius 1 is 1.39 bits per heavy atom. The predicted octanol–water partition coefficient (Wildman–Crippen LogP) is 1.48. The van der Waals surface area contributed by atoms with Crippen LogP contribution in [0.1, 0.15) is 19.3 Å². The second kappa shape index (κ2) is 7.60. The number of aromatic nitrogens is 1. The largest absolute Gasteiger partial charge is 0.384 e. The molecule has 1 rings (SSSR count). The number of nitrogen functional groups attached to an aromatic ring is 1. The van der Waals surface area contributed by atoms with E-state index in [1.165, 1.54) is 18.3 Å². The number of unbranched alkanes of at least 4 members (excludes halogenated alkanes) is 2. The lowest BCUT2D eigenvalue weighted by Gasteiger charge is -2.06. The molecule has 7 heteroatoms. The van der Waals surface area contributed by atoms with Gasteiger partial charge in [0.2, 0.25) is 10.0 Å². The Balaban J connectivity index is 2.41. The third kappa shape index (κ3) is 5.24. The standard InChI is InChI=1S/C11H19N3O2S2/c1-17-8-4-2-3-6-14-18(15,16)10-5-7-13-11(12)9-10/h5,7,9,14H,2-4,6,8H2,1H3,(H2,12,13). The molecule has 18 heavy (non-hydrogen) atoms. The predicted molar refractivity (Wildman–Crippen MR) is 76.1 cm³/mol. The van der Waals surface area contributed by atoms with E-state index in [1.54, 1.807) is 11.8 Å². The molecule has 0 fully saturated rings. The molecule has 1 aromatic rings. The Kier molecular flexibility index (Phi) is 6.45. The highest BCUT2D eigenvalue weighted by molar-refractivity contribution is 7.98. The molecule has 0 atom stereocenters. The molecule has 0 spiro atoms. The Morgan fingerprint density at radius 3 is 2.83 bits per heavy atom. The summed E-state index contributed by atoms with van der Waals surface area (Å²) >= 11 is 1.80. The van der Waals surface area contributed by atoms with Crippen molar-refractivity contribution in [2.75, 3.05) is 24.3 Å². The van der Waals surface area contributed by atoms with Crippen molar-refractivity contribution in [1.82, 2.24) is 9.71 Å². The zero-order chi connectivity index (χ0) is 13.4. The van der Waals surface area contributed by atoms with Gasteiger partial charge < -0.3 is 5.73 Å². The number of hydrogen-bond acceptors (Lipinski definition) is 5. The van der Waals surface area contributed by atoms with Crippen molar-refractivity contribution in [3.63, 3.8) is 0 Å². The molecule has 0 amide bonds. The summed E-state index contributed by atoms with van der Waals surface area (Å²) in [6.07, 6.45) is 6.45. The first-order chi connectivity index (χ1) is 8.56. The smallest absolute Gasteiger partial charge is 0.240 e. The van der Waals surface area contributed by atoms with E-state index in [1.807, 2.05) is 0 Å². The first-order valence-electron chi connectivity index (χ1n) is 5.76. The van der Waals surface area contributed by atoms with Crippen LogP contribution in [0.15, 0.2) is 23.2 Å². The second-order valence-corrected chi connectivity index (χ2v) is 6.62. The van der Waals surface area contributed by atoms with Gasteiger partial charge in [-0.05, 0) is 30.9 Å². The summed E-state index contributed by atoms with van der Waals surface area (Å²) in [6.45, 7) is 0.457. The molecule has 0 saturated carbocycles. The zero-order valence-corrected chi connectivity index (χ0v) is 12.1. The molecule has 0 aliphatic heterocycles. The fourth-order valence-electron chi connectivity index (χ4n) is 1.43. The van der Waals surface area contributed by atoms with E-state index in [4.69, 9.17) is 5.73 Å². The number of nitrogens with zero attached hydrogens (tertiary/aromatic N) is 1. The molecular weight excluding hydrogens is 270 g/mol. The summed E-state index contributed by atoms with van der Waals surface area (Å²) in [4.78, 5) is 3.93. The normalized spacial score (nSPS) is 11.6. The van der Waals surface area contributed by atoms with E-state index in [0.29, 0.717) is 6.54 Å². The van der Waals surface area contributed by atoms with E-state index in [2.05, 4.69) is 16.0 Å². The van der Waals surface area contributed by atoms with Crippen LogP contribution in [0.25, 0.3) is 0 Å². The number of pyridine rings is 1. The quantitative estimate of drug-likeness (QED) is 0.708. The molecule has 3 N–H and O–H groups in total. The SMILES string of the molecule is CSCCCCCNS(=O)(=O)c1ccnc(N)c1. The minimum absolute atomic E-state index is 0.166. The number of nitrogens with two attached hydrogens (primary N) is 1. The maximum Gasteiger partial charge on any atom is 0.240 e. The van der Waals surface area contributed by atoms with Crippen LogP contribution >= 0.6 is 11.8 Å². The van der Waals surface area contributed by atoms with Gasteiger partial charge in [-0.15, -0.1) is 0 Å². The summed E-state index contributed by atoms with van der Waals surface area (Å²) in [5.41, 5.74) is 5.46. The molecule has 102 valence electrons. The number of rotatable bonds is 8. The third-order valence-corrected chi connectivity index (χ3v) is 4.54. The summed E-state index contributed by atoms with van der Waals surface area (Å²) in [6, 6.07) is 2.79. The molecule has 0 unspecified atom stereocenters. The van der Waals surface area contributed by atoms with Gasteiger partial charge in [0.25, 0.3) is 0 Å². The fraction of sp³-hybridized carbons (Fsp3) is 0.545. The van der Waals surface area contributed by atoms with E-state index in [9.17, 15) is 8.42 Å². The molecule has 0 aromatic carbocycles. The van der Waals surface area contributed by atoms with E-state index in [0.717, 1.165) is 25.0 Å². The molecule has 1 aromatic heterocycles. The monoisotopic (exact) mass is 289 g/mol. The van der Waals surface area contributed by atoms with Crippen LogP contribution in [0.3, 0.4) is 0 Å². The van der Waals surface area contributed by atoms with Gasteiger partial charge in [-0.2, -0.15) is 11.8 Å². The lowest BCUT2D eigenvalue weighted by atomic mass is 10.2. The van der Waals surface area contributed by atoms with Crippen molar-refractivity contribution in [3.8, 4) is 0 Å². The first-order valence-corrected chi connectivity index (χ1v) is 8.64. The van der Waals surface area contributed by atoms with Gasteiger partial charge in [0.05, 0.1) is 4.90 Å². The van der Waals surface area contributed by atoms with Gasteiger partial charge in [0, 0.05) is 18.8 Å². The van der Waals surface area contributed by atoms with Crippen molar-refractivity contribution in [2.45, 2.75) is 24.2 Å². The Morgan fingerprint density at radius 2 is 2.17 bits per heavy atom. The van der Waals surface area contributed by atoms with Gasteiger partial charge in [-0.1, -0.05) is 6.42 Å². The van der Waals surface area contributed by atoms with Crippen LogP contribution < -0.4 is 10.5 Å². The number of nitrogens with one attached hydrogen (secondary N) is 1. The molecule has 0 radical (unpaired) electrons. The highest BCUT2D eigenvalue weighted by Crippen LogP contribution is 2.10. The van der Waals surface area contributed by atoms with Crippen LogP contribution in [-0.4, -0.2) is 32.0 Å². The van der Waals surface area contributed by atoms with Crippen molar-refractivity contribution in [2.24, 2.45) is 0 Å². The highest BCUT2D eigenvalue weighted by Gasteiger charge is 2.13. The molecule has 0 saturated heterocycles. The lowest BCUT2D eigenvalue weighted by Crippen LogP contribution is -2.25. The highest BCUT2D eigenvalue weighted by atomic mass is 32.2. The average Bonchev–Trinajstić information content (AvgIpc) is 2.33. The van der Waals surface area contributed by atoms with Crippen molar-refractivity contribution >= 4 is 27.6 Å². The van der Waals surface area contributed by atoms with Crippen LogP contribution in [-0.2, 0) is 10.0 Å². The molecule has 0 bridgehead atoms. The van der Waals surface area contributed by atoms with Crippen molar-refractivity contribution in [3.05, 3.63) is 18.3 Å². The minimum atomic E-state index is -3.45. The van der Waals surface area contributed by atoms with E-state index in [-0.39, 0.29) is 10.7 Å². The molecule has 0 aliphatic carbocycles. The van der Waals surface area contributed by atoms with Crippen molar-refractivity contribution in [1.29, 1.82) is 0 Å². The molecule has 0 aliphatic rings. The minimum Gasteiger partial charge on any atom is -0.384 e. The number of sulfonamides is 1. The topological polar surface area (TPSA) is 85.1 Å². The Bertz CT molecular complexity index is 463. The summed E-state index contributed by atoms with van der Waals surface area (Å²) in [5.74, 6) is 1.33. The number of anilines is 1. The third-order valence-electron chi connectivity index (χ3n) is 2.38. The number of hydrogen-bond donors (Lipinski definition) is 2. The second-order valence-electron chi connectivity index (χ2n) is 3.87. The Hall–Kier alpha value is -0.790. The summed E-state index contributed by atoms with van der Waals surface area (Å²) in [7, 11) is -3.45. The van der Waals surface area contributed by atoms with Crippen LogP contribution in [0.5, 0.6) is 0 Å². The molecule has 5 nitrogen and oxygen atoms in total. The van der Waals surface area contributed by atoms with E-state index < -0.39 is 10.0 Å². The first kappa shape index (κ1) is 15.3. The fourth-order valence-corrected chi connectivity index (χ4v) is 3.02. The van der Waals surface area contributed by atoms with Crippen molar-refractivity contribution < 1.29 is 8.42 Å². The van der Waals surface area contributed by atoms with Gasteiger partial charge >= 0.3 is 0 Å². The zero-order valence-electron chi connectivity index (χ0n) is 10.4. The lowest BCUT2D eigenvalue weighted by molar-refractivity contribution is 0.576. The van der Waals surface area contributed by atoms with Gasteiger partial charge in [-0.3, -0.25) is 0 Å². The Labute approximate surface area is 113 Å². The van der Waals surface area contributed by atoms with Crippen LogP contribution in [0.4, 0.5) is 5.82 Å². The average molecular weight is 289 g/mol. The maximum absolute atomic E-state index is 11.9. The molecule has 1 heterocycles.